The van der Waals surface area contributed by atoms with Crippen LogP contribution in [0.3, 0.4) is 0 Å². The van der Waals surface area contributed by atoms with Gasteiger partial charge in [-0.05, 0) is 55.2 Å². The summed E-state index contributed by atoms with van der Waals surface area (Å²) >= 11 is 0. The van der Waals surface area contributed by atoms with Crippen LogP contribution < -0.4 is 4.90 Å². The topological polar surface area (TPSA) is 57.7 Å². The Morgan fingerprint density at radius 1 is 1.12 bits per heavy atom. The van der Waals surface area contributed by atoms with E-state index in [9.17, 15) is 13.2 Å². The van der Waals surface area contributed by atoms with Crippen LogP contribution >= 0.6 is 0 Å². The van der Waals surface area contributed by atoms with Gasteiger partial charge in [0.05, 0.1) is 11.3 Å². The lowest BCUT2D eigenvalue weighted by Crippen LogP contribution is -2.30. The molecule has 0 aromatic heterocycles. The Morgan fingerprint density at radius 2 is 1.85 bits per heavy atom. The summed E-state index contributed by atoms with van der Waals surface area (Å²) in [6.45, 7) is 4.64. The first-order chi connectivity index (χ1) is 12.2. The predicted octanol–water partition coefficient (Wildman–Crippen LogP) is 2.69. The van der Waals surface area contributed by atoms with Crippen LogP contribution in [0, 0.1) is 13.8 Å². The zero-order valence-electron chi connectivity index (χ0n) is 15.6. The summed E-state index contributed by atoms with van der Waals surface area (Å²) in [6.07, 6.45) is 1.02. The standard InChI is InChI=1S/C20H24N2O3S/c1-14-5-6-16(15(2)11-14)13-20(23)22-10-9-17-12-18(7-8-19(17)22)26(24,25)21(3)4/h5-8,11-12H,9-10,13H2,1-4H3. The fourth-order valence-corrected chi connectivity index (χ4v) is 4.26. The third-order valence-electron chi connectivity index (χ3n) is 4.87. The minimum Gasteiger partial charge on any atom is -0.312 e. The van der Waals surface area contributed by atoms with Crippen molar-refractivity contribution in [2.45, 2.75) is 31.6 Å². The molecule has 1 aliphatic heterocycles. The van der Waals surface area contributed by atoms with Crippen molar-refractivity contribution in [3.8, 4) is 0 Å². The number of fused-ring (bicyclic) bond motifs is 1. The minimum absolute atomic E-state index is 0.0407. The van der Waals surface area contributed by atoms with Gasteiger partial charge in [0.2, 0.25) is 15.9 Å². The molecule has 138 valence electrons. The molecule has 0 unspecified atom stereocenters. The summed E-state index contributed by atoms with van der Waals surface area (Å²) in [5.41, 5.74) is 5.05. The number of hydrogen-bond acceptors (Lipinski definition) is 3. The summed E-state index contributed by atoms with van der Waals surface area (Å²) in [5, 5.41) is 0. The molecule has 2 aromatic carbocycles. The van der Waals surface area contributed by atoms with E-state index in [-0.39, 0.29) is 10.8 Å². The number of carbonyl (C=O) groups excluding carboxylic acids is 1. The average molecular weight is 372 g/mol. The Bertz CT molecular complexity index is 965. The average Bonchev–Trinajstić information content (AvgIpc) is 3.00. The Labute approximate surface area is 155 Å². The Balaban J connectivity index is 1.84. The number of anilines is 1. The number of sulfonamides is 1. The first kappa shape index (κ1) is 18.6. The molecule has 0 saturated heterocycles. The monoisotopic (exact) mass is 372 g/mol. The number of amides is 1. The second-order valence-electron chi connectivity index (χ2n) is 6.98. The third-order valence-corrected chi connectivity index (χ3v) is 6.68. The molecule has 6 heteroatoms. The number of benzene rings is 2. The molecule has 26 heavy (non-hydrogen) atoms. The van der Waals surface area contributed by atoms with Crippen molar-refractivity contribution < 1.29 is 13.2 Å². The van der Waals surface area contributed by atoms with Crippen molar-refractivity contribution in [1.29, 1.82) is 0 Å². The Kier molecular flexibility index (Phi) is 4.90. The predicted molar refractivity (Wildman–Crippen MR) is 103 cm³/mol. The molecule has 1 heterocycles. The number of nitrogens with zero attached hydrogens (tertiary/aromatic N) is 2. The smallest absolute Gasteiger partial charge is 0.242 e. The molecule has 2 aromatic rings. The lowest BCUT2D eigenvalue weighted by Gasteiger charge is -2.19. The molecule has 0 fully saturated rings. The van der Waals surface area contributed by atoms with Crippen LogP contribution in [0.15, 0.2) is 41.3 Å². The van der Waals surface area contributed by atoms with E-state index < -0.39 is 10.0 Å². The highest BCUT2D eigenvalue weighted by molar-refractivity contribution is 7.89. The fourth-order valence-electron chi connectivity index (χ4n) is 3.31. The quantitative estimate of drug-likeness (QED) is 0.829. The second kappa shape index (κ2) is 6.85. The van der Waals surface area contributed by atoms with Gasteiger partial charge in [0.25, 0.3) is 0 Å². The van der Waals surface area contributed by atoms with Gasteiger partial charge in [0.1, 0.15) is 0 Å². The number of aryl methyl sites for hydroxylation is 2. The maximum Gasteiger partial charge on any atom is 0.242 e. The normalized spacial score (nSPS) is 14.0. The van der Waals surface area contributed by atoms with Crippen molar-refractivity contribution in [3.63, 3.8) is 0 Å². The van der Waals surface area contributed by atoms with Crippen LogP contribution in [0.1, 0.15) is 22.3 Å². The molecule has 0 radical (unpaired) electrons. The van der Waals surface area contributed by atoms with E-state index in [2.05, 4.69) is 6.07 Å². The fraction of sp³-hybridized carbons (Fsp3) is 0.350. The first-order valence-corrected chi connectivity index (χ1v) is 10.1. The first-order valence-electron chi connectivity index (χ1n) is 8.62. The highest BCUT2D eigenvalue weighted by Crippen LogP contribution is 2.31. The van der Waals surface area contributed by atoms with E-state index in [0.29, 0.717) is 19.4 Å². The van der Waals surface area contributed by atoms with Gasteiger partial charge in [-0.3, -0.25) is 4.79 Å². The highest BCUT2D eigenvalue weighted by atomic mass is 32.2. The van der Waals surface area contributed by atoms with E-state index in [1.165, 1.54) is 24.0 Å². The van der Waals surface area contributed by atoms with E-state index in [4.69, 9.17) is 0 Å². The summed E-state index contributed by atoms with van der Waals surface area (Å²) in [5.74, 6) is 0.0407. The van der Waals surface area contributed by atoms with Crippen LogP contribution in [-0.2, 0) is 27.7 Å². The van der Waals surface area contributed by atoms with Crippen LogP contribution in [0.5, 0.6) is 0 Å². The highest BCUT2D eigenvalue weighted by Gasteiger charge is 2.27. The Hall–Kier alpha value is -2.18. The molecule has 1 aliphatic rings. The van der Waals surface area contributed by atoms with Gasteiger partial charge >= 0.3 is 0 Å². The lowest BCUT2D eigenvalue weighted by molar-refractivity contribution is -0.117. The summed E-state index contributed by atoms with van der Waals surface area (Å²) in [7, 11) is -0.432. The molecule has 1 amide bonds. The lowest BCUT2D eigenvalue weighted by atomic mass is 10.0. The van der Waals surface area contributed by atoms with Crippen molar-refractivity contribution in [1.82, 2.24) is 4.31 Å². The molecule has 0 bridgehead atoms. The maximum absolute atomic E-state index is 12.8. The van der Waals surface area contributed by atoms with Crippen LogP contribution in [0.25, 0.3) is 0 Å². The summed E-state index contributed by atoms with van der Waals surface area (Å²) in [6, 6.07) is 11.1. The van der Waals surface area contributed by atoms with Crippen molar-refractivity contribution in [2.24, 2.45) is 0 Å². The van der Waals surface area contributed by atoms with E-state index in [1.807, 2.05) is 26.0 Å². The second-order valence-corrected chi connectivity index (χ2v) is 9.13. The molecule has 0 spiro atoms. The molecule has 0 saturated carbocycles. The van der Waals surface area contributed by atoms with Crippen LogP contribution in [0.4, 0.5) is 5.69 Å². The number of hydrogen-bond donors (Lipinski definition) is 0. The van der Waals surface area contributed by atoms with Crippen LogP contribution in [0.2, 0.25) is 0 Å². The van der Waals surface area contributed by atoms with Crippen molar-refractivity contribution in [2.75, 3.05) is 25.5 Å². The van der Waals surface area contributed by atoms with Gasteiger partial charge in [-0.1, -0.05) is 23.8 Å². The number of rotatable bonds is 4. The van der Waals surface area contributed by atoms with Gasteiger partial charge in [0, 0.05) is 26.3 Å². The van der Waals surface area contributed by atoms with E-state index >= 15 is 0 Å². The van der Waals surface area contributed by atoms with Gasteiger partial charge in [-0.15, -0.1) is 0 Å². The van der Waals surface area contributed by atoms with Crippen molar-refractivity contribution >= 4 is 21.6 Å². The zero-order valence-corrected chi connectivity index (χ0v) is 16.4. The third kappa shape index (κ3) is 3.39. The maximum atomic E-state index is 12.8. The summed E-state index contributed by atoms with van der Waals surface area (Å²) in [4.78, 5) is 14.8. The molecule has 5 nitrogen and oxygen atoms in total. The van der Waals surface area contributed by atoms with Gasteiger partial charge in [-0.25, -0.2) is 12.7 Å². The molecule has 0 atom stereocenters. The SMILES string of the molecule is Cc1ccc(CC(=O)N2CCc3cc(S(=O)(=O)N(C)C)ccc32)c(C)c1. The molecule has 0 N–H and O–H groups in total. The zero-order chi connectivity index (χ0) is 19.1. The Morgan fingerprint density at radius 3 is 2.50 bits per heavy atom. The number of carbonyl (C=O) groups is 1. The summed E-state index contributed by atoms with van der Waals surface area (Å²) < 4.78 is 25.8. The van der Waals surface area contributed by atoms with Crippen LogP contribution in [-0.4, -0.2) is 39.3 Å². The van der Waals surface area contributed by atoms with Gasteiger partial charge in [-0.2, -0.15) is 0 Å². The van der Waals surface area contributed by atoms with Crippen molar-refractivity contribution in [3.05, 3.63) is 58.7 Å². The van der Waals surface area contributed by atoms with E-state index in [0.717, 1.165) is 22.4 Å². The largest absolute Gasteiger partial charge is 0.312 e. The molecule has 3 rings (SSSR count). The van der Waals surface area contributed by atoms with Gasteiger partial charge < -0.3 is 4.90 Å². The van der Waals surface area contributed by atoms with Gasteiger partial charge in [0.15, 0.2) is 0 Å². The molecule has 0 aliphatic carbocycles. The minimum atomic E-state index is -3.46. The molecular formula is C20H24N2O3S. The molecular weight excluding hydrogens is 348 g/mol. The van der Waals surface area contributed by atoms with E-state index in [1.54, 1.807) is 23.1 Å².